The molecule has 4 saturated carbocycles. The van der Waals surface area contributed by atoms with Gasteiger partial charge in [-0.05, 0) is 147 Å². The van der Waals surface area contributed by atoms with Crippen LogP contribution in [-0.4, -0.2) is 0 Å². The average molecular weight is 732 g/mol. The minimum atomic E-state index is 0.157. The largest absolute Gasteiger partial charge is 0.310 e. The third-order valence-electron chi connectivity index (χ3n) is 14.5. The number of anilines is 3. The monoisotopic (exact) mass is 731 g/mol. The summed E-state index contributed by atoms with van der Waals surface area (Å²) in [5.41, 5.74) is 17.3. The smallest absolute Gasteiger partial charge is 0.0540 e. The lowest BCUT2D eigenvalue weighted by Gasteiger charge is -2.61. The predicted molar refractivity (Wildman–Crippen MR) is 238 cm³/mol. The minimum Gasteiger partial charge on any atom is -0.310 e. The van der Waals surface area contributed by atoms with Gasteiger partial charge in [0.2, 0.25) is 0 Å². The van der Waals surface area contributed by atoms with Crippen molar-refractivity contribution in [2.24, 2.45) is 23.7 Å². The van der Waals surface area contributed by atoms with Crippen molar-refractivity contribution in [2.45, 2.75) is 37.5 Å². The Morgan fingerprint density at radius 2 is 0.860 bits per heavy atom. The second kappa shape index (κ2) is 12.9. The van der Waals surface area contributed by atoms with Crippen LogP contribution in [-0.2, 0) is 5.41 Å². The first-order chi connectivity index (χ1) is 28.2. The molecule has 0 unspecified atom stereocenters. The number of fused-ring (bicyclic) bond motifs is 4. The topological polar surface area (TPSA) is 3.24 Å². The molecular weight excluding hydrogens is 687 g/mol. The lowest BCUT2D eigenvalue weighted by atomic mass is 9.43. The summed E-state index contributed by atoms with van der Waals surface area (Å²) in [6, 6.07) is 70.4. The van der Waals surface area contributed by atoms with Crippen LogP contribution in [0.2, 0.25) is 0 Å². The number of nitrogens with zero attached hydrogens (tertiary/aromatic N) is 1. The van der Waals surface area contributed by atoms with Gasteiger partial charge in [-0.25, -0.2) is 0 Å². The van der Waals surface area contributed by atoms with Gasteiger partial charge in [0, 0.05) is 22.2 Å². The van der Waals surface area contributed by atoms with E-state index in [0.29, 0.717) is 0 Å². The number of rotatable bonds is 6. The molecule has 4 fully saturated rings. The first kappa shape index (κ1) is 33.0. The Balaban J connectivity index is 1.01. The van der Waals surface area contributed by atoms with Crippen LogP contribution < -0.4 is 4.90 Å². The quantitative estimate of drug-likeness (QED) is 0.165. The zero-order chi connectivity index (χ0) is 37.5. The Labute approximate surface area is 336 Å². The molecule has 0 N–H and O–H groups in total. The molecule has 5 aliphatic carbocycles. The van der Waals surface area contributed by atoms with Crippen LogP contribution in [0.15, 0.2) is 188 Å². The van der Waals surface area contributed by atoms with Gasteiger partial charge in [-0.2, -0.15) is 0 Å². The molecule has 0 amide bonds. The fourth-order valence-electron chi connectivity index (χ4n) is 12.3. The van der Waals surface area contributed by atoms with Crippen LogP contribution in [0.5, 0.6) is 0 Å². The average Bonchev–Trinajstić information content (AvgIpc) is 3.56. The van der Waals surface area contributed by atoms with E-state index in [0.717, 1.165) is 29.4 Å². The highest BCUT2D eigenvalue weighted by molar-refractivity contribution is 6.06. The van der Waals surface area contributed by atoms with Crippen molar-refractivity contribution >= 4 is 27.8 Å². The third-order valence-corrected chi connectivity index (χ3v) is 14.5. The lowest BCUT2D eigenvalue weighted by Crippen LogP contribution is -2.55. The van der Waals surface area contributed by atoms with Gasteiger partial charge >= 0.3 is 0 Å². The SMILES string of the molecule is c1ccc(-c2ccc(-c3ccc(N(c4ccc5c(c4)-c4ccccc4C54C5CC6CC(C5)CC4C6)c4ccc(-c5ccccc5)c5ccccc45)cc3)cc2)cc1. The summed E-state index contributed by atoms with van der Waals surface area (Å²) in [5, 5.41) is 2.51. The van der Waals surface area contributed by atoms with Crippen LogP contribution in [0.4, 0.5) is 17.1 Å². The molecule has 0 atom stereocenters. The summed E-state index contributed by atoms with van der Waals surface area (Å²) in [6.45, 7) is 0. The van der Waals surface area contributed by atoms with E-state index in [1.54, 1.807) is 11.1 Å². The molecular formula is C56H45N. The molecule has 8 aromatic rings. The highest BCUT2D eigenvalue weighted by Gasteiger charge is 2.61. The standard InChI is InChI=1S/C56H45N/c1-3-11-39(12-4-1)40-19-21-41(22-20-40)42-23-25-46(26-24-42)57(55-30-28-48(43-13-5-2-6-14-43)49-15-7-8-17-51(49)55)47-27-29-54-52(36-47)50-16-9-10-18-53(50)56(54)44-32-37-31-38(34-44)35-45(56)33-37/h1-30,36-38,44-45H,31-35H2. The minimum absolute atomic E-state index is 0.157. The molecule has 1 heteroatoms. The third kappa shape index (κ3) is 5.08. The predicted octanol–water partition coefficient (Wildman–Crippen LogP) is 15.0. The van der Waals surface area contributed by atoms with Crippen molar-refractivity contribution in [1.82, 2.24) is 0 Å². The fraction of sp³-hybridized carbons (Fsp3) is 0.179. The van der Waals surface area contributed by atoms with E-state index in [1.807, 2.05) is 0 Å². The fourth-order valence-corrected chi connectivity index (χ4v) is 12.3. The van der Waals surface area contributed by atoms with Crippen molar-refractivity contribution < 1.29 is 0 Å². The van der Waals surface area contributed by atoms with Gasteiger partial charge < -0.3 is 4.90 Å². The summed E-state index contributed by atoms with van der Waals surface area (Å²) in [7, 11) is 0. The molecule has 13 rings (SSSR count). The molecule has 0 aromatic heterocycles. The molecule has 0 heterocycles. The second-order valence-electron chi connectivity index (χ2n) is 17.3. The molecule has 0 radical (unpaired) electrons. The van der Waals surface area contributed by atoms with Gasteiger partial charge in [0.25, 0.3) is 0 Å². The zero-order valence-electron chi connectivity index (χ0n) is 32.2. The number of hydrogen-bond acceptors (Lipinski definition) is 1. The van der Waals surface area contributed by atoms with E-state index in [2.05, 4.69) is 193 Å². The van der Waals surface area contributed by atoms with E-state index < -0.39 is 0 Å². The van der Waals surface area contributed by atoms with Crippen molar-refractivity contribution in [1.29, 1.82) is 0 Å². The molecule has 4 bridgehead atoms. The number of hydrogen-bond donors (Lipinski definition) is 0. The van der Waals surface area contributed by atoms with Gasteiger partial charge in [0.1, 0.15) is 0 Å². The van der Waals surface area contributed by atoms with Gasteiger partial charge in [0.05, 0.1) is 5.69 Å². The normalized spacial score (nSPS) is 22.5. The van der Waals surface area contributed by atoms with Crippen LogP contribution in [0.25, 0.3) is 55.3 Å². The van der Waals surface area contributed by atoms with E-state index in [1.165, 1.54) is 98.8 Å². The first-order valence-corrected chi connectivity index (χ1v) is 21.1. The Morgan fingerprint density at radius 1 is 0.351 bits per heavy atom. The van der Waals surface area contributed by atoms with Crippen LogP contribution >= 0.6 is 0 Å². The second-order valence-corrected chi connectivity index (χ2v) is 17.3. The molecule has 8 aromatic carbocycles. The maximum atomic E-state index is 2.56. The summed E-state index contributed by atoms with van der Waals surface area (Å²) >= 11 is 0. The first-order valence-electron chi connectivity index (χ1n) is 21.1. The lowest BCUT2D eigenvalue weighted by molar-refractivity contribution is -0.0399. The van der Waals surface area contributed by atoms with Gasteiger partial charge in [-0.1, -0.05) is 158 Å². The Hall–Kier alpha value is -6.18. The van der Waals surface area contributed by atoms with Gasteiger partial charge in [-0.3, -0.25) is 0 Å². The van der Waals surface area contributed by atoms with Gasteiger partial charge in [-0.15, -0.1) is 0 Å². The summed E-state index contributed by atoms with van der Waals surface area (Å²) in [6.07, 6.45) is 7.07. The Morgan fingerprint density at radius 3 is 1.53 bits per heavy atom. The molecule has 0 aliphatic heterocycles. The Bertz CT molecular complexity index is 2750. The van der Waals surface area contributed by atoms with Crippen molar-refractivity contribution in [2.75, 3.05) is 4.90 Å². The zero-order valence-corrected chi connectivity index (χ0v) is 32.2. The maximum absolute atomic E-state index is 2.56. The maximum Gasteiger partial charge on any atom is 0.0540 e. The molecule has 57 heavy (non-hydrogen) atoms. The van der Waals surface area contributed by atoms with E-state index in [9.17, 15) is 0 Å². The summed E-state index contributed by atoms with van der Waals surface area (Å²) < 4.78 is 0. The highest BCUT2D eigenvalue weighted by atomic mass is 15.1. The van der Waals surface area contributed by atoms with Crippen LogP contribution in [0.3, 0.4) is 0 Å². The van der Waals surface area contributed by atoms with Crippen LogP contribution in [0, 0.1) is 23.7 Å². The molecule has 1 nitrogen and oxygen atoms in total. The van der Waals surface area contributed by atoms with Gasteiger partial charge in [0.15, 0.2) is 0 Å². The van der Waals surface area contributed by atoms with E-state index in [4.69, 9.17) is 0 Å². The molecule has 0 saturated heterocycles. The molecule has 5 aliphatic rings. The van der Waals surface area contributed by atoms with Crippen molar-refractivity contribution in [3.8, 4) is 44.5 Å². The Kier molecular flexibility index (Phi) is 7.49. The molecule has 1 spiro atoms. The number of benzene rings is 8. The summed E-state index contributed by atoms with van der Waals surface area (Å²) in [4.78, 5) is 2.52. The highest BCUT2D eigenvalue weighted by Crippen LogP contribution is 2.69. The van der Waals surface area contributed by atoms with Crippen molar-refractivity contribution in [3.05, 3.63) is 199 Å². The van der Waals surface area contributed by atoms with E-state index >= 15 is 0 Å². The van der Waals surface area contributed by atoms with Crippen molar-refractivity contribution in [3.63, 3.8) is 0 Å². The summed E-state index contributed by atoms with van der Waals surface area (Å²) in [5.74, 6) is 3.37. The van der Waals surface area contributed by atoms with Crippen LogP contribution in [0.1, 0.15) is 43.2 Å². The van der Waals surface area contributed by atoms with E-state index in [-0.39, 0.29) is 5.41 Å². The molecule has 274 valence electrons.